The molecule has 0 unspecified atom stereocenters. The highest BCUT2D eigenvalue weighted by molar-refractivity contribution is 7.21. The summed E-state index contributed by atoms with van der Waals surface area (Å²) >= 11 is 0.635. The number of aromatic nitrogens is 3. The first-order valence-corrected chi connectivity index (χ1v) is 13.8. The van der Waals surface area contributed by atoms with Crippen LogP contribution >= 0.6 is 11.3 Å². The molecule has 0 fully saturated rings. The Morgan fingerprint density at radius 3 is 2.45 bits per heavy atom. The van der Waals surface area contributed by atoms with Crippen molar-refractivity contribution in [3.63, 3.8) is 0 Å². The van der Waals surface area contributed by atoms with Crippen LogP contribution in [0.25, 0.3) is 21.3 Å². The Morgan fingerprint density at radius 2 is 1.84 bits per heavy atom. The van der Waals surface area contributed by atoms with Crippen molar-refractivity contribution in [1.82, 2.24) is 14.8 Å². The second kappa shape index (κ2) is 11.8. The Bertz CT molecular complexity index is 1890. The van der Waals surface area contributed by atoms with Gasteiger partial charge >= 0.3 is 12.1 Å². The van der Waals surface area contributed by atoms with Gasteiger partial charge in [0.25, 0.3) is 11.8 Å². The highest BCUT2D eigenvalue weighted by Crippen LogP contribution is 2.44. The average molecular weight is 628 g/mol. The summed E-state index contributed by atoms with van der Waals surface area (Å²) in [7, 11) is 1.27. The number of hydrogen-bond acceptors (Lipinski definition) is 9. The quantitative estimate of drug-likeness (QED) is 0.194. The van der Waals surface area contributed by atoms with Crippen molar-refractivity contribution in [2.75, 3.05) is 12.4 Å². The van der Waals surface area contributed by atoms with E-state index in [0.29, 0.717) is 40.5 Å². The molecular formula is C29H24F3N5O6S. The van der Waals surface area contributed by atoms with Crippen LogP contribution in [-0.4, -0.2) is 39.7 Å². The van der Waals surface area contributed by atoms with Gasteiger partial charge in [0, 0.05) is 23.7 Å². The smallest absolute Gasteiger partial charge is 0.433 e. The Labute approximate surface area is 251 Å². The fourth-order valence-corrected chi connectivity index (χ4v) is 5.41. The van der Waals surface area contributed by atoms with Gasteiger partial charge in [-0.05, 0) is 61.9 Å². The second-order valence-corrected chi connectivity index (χ2v) is 10.4. The number of methoxy groups -OCH3 is 1. The lowest BCUT2D eigenvalue weighted by Gasteiger charge is -2.11. The lowest BCUT2D eigenvalue weighted by Crippen LogP contribution is -2.16. The molecule has 44 heavy (non-hydrogen) atoms. The van der Waals surface area contributed by atoms with Crippen LogP contribution in [0.1, 0.15) is 54.7 Å². The first kappa shape index (κ1) is 30.3. The summed E-state index contributed by atoms with van der Waals surface area (Å²) in [6.45, 7) is 3.86. The van der Waals surface area contributed by atoms with Crippen LogP contribution in [0, 0.1) is 6.92 Å². The lowest BCUT2D eigenvalue weighted by molar-refractivity contribution is -0.140. The number of carbonyl (C=O) groups excluding carboxylic acids is 3. The monoisotopic (exact) mass is 627 g/mol. The summed E-state index contributed by atoms with van der Waals surface area (Å²) in [6.07, 6.45) is -3.20. The minimum Gasteiger partial charge on any atom is -0.486 e. The zero-order chi connectivity index (χ0) is 31.8. The van der Waals surface area contributed by atoms with Crippen molar-refractivity contribution < 1.29 is 41.4 Å². The topological polar surface area (TPSA) is 152 Å². The summed E-state index contributed by atoms with van der Waals surface area (Å²) in [5.41, 5.74) is 5.54. The molecule has 0 atom stereocenters. The van der Waals surface area contributed by atoms with E-state index in [1.165, 1.54) is 31.4 Å². The number of pyridine rings is 1. The number of rotatable bonds is 9. The standard InChI is InChI=1S/C29H24F3N5O6S/c1-4-37-12-19(14(2)36-37)18-11-21(29(30,31)32)34-27-22(18)23(24(44-27)25(33)38)35-26(39)20-10-9-17(43-20)13-42-16-7-5-15(6-8-16)28(40)41-3/h5-12H,4,13H2,1-3H3,(H2,33,38)(H,35,39). The number of amides is 2. The third kappa shape index (κ3) is 5.99. The molecule has 0 saturated heterocycles. The number of carbonyl (C=O) groups is 3. The van der Waals surface area contributed by atoms with Gasteiger partial charge in [-0.1, -0.05) is 0 Å². The number of fused-ring (bicyclic) bond motifs is 1. The van der Waals surface area contributed by atoms with Crippen LogP contribution in [0.5, 0.6) is 5.75 Å². The van der Waals surface area contributed by atoms with E-state index >= 15 is 0 Å². The van der Waals surface area contributed by atoms with Crippen molar-refractivity contribution in [3.05, 3.63) is 82.0 Å². The number of hydrogen-bond donors (Lipinski definition) is 2. The normalized spacial score (nSPS) is 11.5. The Morgan fingerprint density at radius 1 is 1.11 bits per heavy atom. The number of aryl methyl sites for hydroxylation is 2. The van der Waals surface area contributed by atoms with Crippen molar-refractivity contribution in [3.8, 4) is 16.9 Å². The summed E-state index contributed by atoms with van der Waals surface area (Å²) in [5, 5.41) is 7.03. The van der Waals surface area contributed by atoms with Gasteiger partial charge in [-0.25, -0.2) is 9.78 Å². The molecule has 4 aromatic heterocycles. The Hall–Kier alpha value is -5.18. The molecule has 4 heterocycles. The second-order valence-electron chi connectivity index (χ2n) is 9.41. The van der Waals surface area contributed by atoms with Gasteiger partial charge in [0.05, 0.1) is 24.1 Å². The van der Waals surface area contributed by atoms with E-state index in [9.17, 15) is 27.6 Å². The van der Waals surface area contributed by atoms with Crippen molar-refractivity contribution in [1.29, 1.82) is 0 Å². The first-order chi connectivity index (χ1) is 20.9. The van der Waals surface area contributed by atoms with Gasteiger partial charge < -0.3 is 24.9 Å². The number of esters is 1. The van der Waals surface area contributed by atoms with Crippen LogP contribution in [0.3, 0.4) is 0 Å². The van der Waals surface area contributed by atoms with Crippen molar-refractivity contribution in [2.24, 2.45) is 5.73 Å². The number of nitrogens with two attached hydrogens (primary N) is 1. The van der Waals surface area contributed by atoms with Crippen LogP contribution in [-0.2, 0) is 24.1 Å². The predicted molar refractivity (Wildman–Crippen MR) is 154 cm³/mol. The predicted octanol–water partition coefficient (Wildman–Crippen LogP) is 5.82. The molecule has 228 valence electrons. The van der Waals surface area contributed by atoms with E-state index in [2.05, 4.69) is 20.1 Å². The molecule has 2 amide bonds. The van der Waals surface area contributed by atoms with Gasteiger partial charge in [0.15, 0.2) is 5.76 Å². The summed E-state index contributed by atoms with van der Waals surface area (Å²) in [6, 6.07) is 9.93. The van der Waals surface area contributed by atoms with E-state index in [0.717, 1.165) is 6.07 Å². The molecule has 0 aliphatic carbocycles. The number of anilines is 1. The molecule has 5 aromatic rings. The minimum atomic E-state index is -4.78. The molecule has 3 N–H and O–H groups in total. The van der Waals surface area contributed by atoms with E-state index in [-0.39, 0.29) is 44.5 Å². The molecular weight excluding hydrogens is 603 g/mol. The number of nitrogens with one attached hydrogen (secondary N) is 1. The number of alkyl halides is 3. The maximum atomic E-state index is 13.8. The fraction of sp³-hybridized carbons (Fsp3) is 0.207. The van der Waals surface area contributed by atoms with Gasteiger partial charge in [-0.15, -0.1) is 11.3 Å². The Kier molecular flexibility index (Phi) is 8.15. The van der Waals surface area contributed by atoms with Crippen LogP contribution in [0.2, 0.25) is 0 Å². The average Bonchev–Trinajstić information content (AvgIpc) is 3.72. The molecule has 0 bridgehead atoms. The third-order valence-corrected chi connectivity index (χ3v) is 7.62. The van der Waals surface area contributed by atoms with Crippen LogP contribution in [0.15, 0.2) is 53.1 Å². The molecule has 0 radical (unpaired) electrons. The summed E-state index contributed by atoms with van der Waals surface area (Å²) in [5.74, 6) is -1.70. The summed E-state index contributed by atoms with van der Waals surface area (Å²) < 4.78 is 59.0. The highest BCUT2D eigenvalue weighted by atomic mass is 32.1. The van der Waals surface area contributed by atoms with Gasteiger partial charge in [-0.3, -0.25) is 14.3 Å². The summed E-state index contributed by atoms with van der Waals surface area (Å²) in [4.78, 5) is 40.7. The molecule has 15 heteroatoms. The zero-order valence-corrected chi connectivity index (χ0v) is 24.3. The number of ether oxygens (including phenoxy) is 2. The van der Waals surface area contributed by atoms with E-state index in [1.807, 2.05) is 6.92 Å². The molecule has 5 rings (SSSR count). The lowest BCUT2D eigenvalue weighted by atomic mass is 10.0. The van der Waals surface area contributed by atoms with E-state index in [4.69, 9.17) is 14.9 Å². The fourth-order valence-electron chi connectivity index (χ4n) is 4.41. The largest absolute Gasteiger partial charge is 0.486 e. The van der Waals surface area contributed by atoms with Crippen LogP contribution in [0.4, 0.5) is 18.9 Å². The molecule has 11 nitrogen and oxygen atoms in total. The van der Waals surface area contributed by atoms with Gasteiger partial charge in [0.1, 0.15) is 33.5 Å². The molecule has 0 aliphatic rings. The molecule has 1 aromatic carbocycles. The van der Waals surface area contributed by atoms with Crippen molar-refractivity contribution in [2.45, 2.75) is 33.2 Å². The third-order valence-electron chi connectivity index (χ3n) is 6.52. The molecule has 0 aliphatic heterocycles. The SMILES string of the molecule is CCn1cc(-c2cc(C(F)(F)F)nc3sc(C(N)=O)c(NC(=O)c4ccc(COc5ccc(C(=O)OC)cc5)o4)c23)c(C)n1. The highest BCUT2D eigenvalue weighted by Gasteiger charge is 2.35. The Balaban J connectivity index is 1.47. The first-order valence-electron chi connectivity index (χ1n) is 13.0. The maximum Gasteiger partial charge on any atom is 0.433 e. The van der Waals surface area contributed by atoms with E-state index < -0.39 is 29.7 Å². The van der Waals surface area contributed by atoms with Crippen LogP contribution < -0.4 is 15.8 Å². The number of halogens is 3. The zero-order valence-electron chi connectivity index (χ0n) is 23.4. The number of primary amides is 1. The number of furan rings is 1. The van der Waals surface area contributed by atoms with Gasteiger partial charge in [0.2, 0.25) is 0 Å². The number of nitrogens with zero attached hydrogens (tertiary/aromatic N) is 3. The number of benzene rings is 1. The van der Waals surface area contributed by atoms with Gasteiger partial charge in [-0.2, -0.15) is 18.3 Å². The molecule has 0 spiro atoms. The molecule has 0 saturated carbocycles. The van der Waals surface area contributed by atoms with Crippen molar-refractivity contribution >= 4 is 45.0 Å². The maximum absolute atomic E-state index is 13.8. The van der Waals surface area contributed by atoms with E-state index in [1.54, 1.807) is 29.9 Å². The number of thiophene rings is 1. The minimum absolute atomic E-state index is 0.0618.